The highest BCUT2D eigenvalue weighted by Gasteiger charge is 2.43. The zero-order valence-electron chi connectivity index (χ0n) is 14.8. The maximum absolute atomic E-state index is 12.7. The number of carbonyl (C=O) groups is 1. The molecule has 0 spiro atoms. The van der Waals surface area contributed by atoms with Crippen molar-refractivity contribution in [3.63, 3.8) is 0 Å². The molecule has 1 unspecified atom stereocenters. The molecule has 25 heavy (non-hydrogen) atoms. The number of benzene rings is 1. The van der Waals surface area contributed by atoms with E-state index in [0.717, 1.165) is 47.3 Å². The van der Waals surface area contributed by atoms with E-state index in [2.05, 4.69) is 9.88 Å². The lowest BCUT2D eigenvalue weighted by Gasteiger charge is -2.20. The number of para-hydroxylation sites is 1. The molecule has 2 heterocycles. The van der Waals surface area contributed by atoms with Gasteiger partial charge in [-0.1, -0.05) is 18.2 Å². The standard InChI is InChI=1S/C20H24N2O2S/c1-13-19(25-14(2)21-13)10-20(23)22-11-15-8-18(9-16(15)12-22)24-17-6-4-3-5-7-17/h3-7,15-16,18H,8-12H2,1-2H3/t15-,16+,18?. The lowest BCUT2D eigenvalue weighted by Crippen LogP contribution is -2.32. The summed E-state index contributed by atoms with van der Waals surface area (Å²) in [6.07, 6.45) is 2.91. The van der Waals surface area contributed by atoms with Crippen LogP contribution in [0.25, 0.3) is 0 Å². The zero-order valence-corrected chi connectivity index (χ0v) is 15.6. The van der Waals surface area contributed by atoms with Crippen molar-refractivity contribution in [3.8, 4) is 5.75 Å². The van der Waals surface area contributed by atoms with Crippen LogP contribution in [0.3, 0.4) is 0 Å². The van der Waals surface area contributed by atoms with Gasteiger partial charge < -0.3 is 9.64 Å². The maximum atomic E-state index is 12.7. The van der Waals surface area contributed by atoms with Crippen LogP contribution in [-0.2, 0) is 11.2 Å². The molecule has 1 aliphatic carbocycles. The molecule has 132 valence electrons. The number of ether oxygens (including phenoxy) is 1. The fourth-order valence-electron chi connectivity index (χ4n) is 4.22. The lowest BCUT2D eigenvalue weighted by atomic mass is 10.0. The molecule has 2 fully saturated rings. The maximum Gasteiger partial charge on any atom is 0.227 e. The number of rotatable bonds is 4. The van der Waals surface area contributed by atoms with Gasteiger partial charge in [-0.15, -0.1) is 11.3 Å². The van der Waals surface area contributed by atoms with Crippen molar-refractivity contribution in [2.24, 2.45) is 11.8 Å². The summed E-state index contributed by atoms with van der Waals surface area (Å²) in [5, 5.41) is 1.04. The summed E-state index contributed by atoms with van der Waals surface area (Å²) in [7, 11) is 0. The monoisotopic (exact) mass is 356 g/mol. The molecule has 1 amide bonds. The molecule has 2 aliphatic rings. The second kappa shape index (κ2) is 6.79. The second-order valence-electron chi connectivity index (χ2n) is 7.26. The molecular formula is C20H24N2O2S. The average molecular weight is 356 g/mol. The van der Waals surface area contributed by atoms with Crippen LogP contribution in [0.5, 0.6) is 5.75 Å². The number of hydrogen-bond donors (Lipinski definition) is 0. The van der Waals surface area contributed by atoms with Gasteiger partial charge in [-0.05, 0) is 50.7 Å². The van der Waals surface area contributed by atoms with E-state index in [1.54, 1.807) is 11.3 Å². The molecule has 4 nitrogen and oxygen atoms in total. The minimum absolute atomic E-state index is 0.252. The Kier molecular flexibility index (Phi) is 4.50. The van der Waals surface area contributed by atoms with Gasteiger partial charge in [0.2, 0.25) is 5.91 Å². The minimum atomic E-state index is 0.252. The Morgan fingerprint density at radius 3 is 2.48 bits per heavy atom. The lowest BCUT2D eigenvalue weighted by molar-refractivity contribution is -0.129. The van der Waals surface area contributed by atoms with Crippen molar-refractivity contribution in [1.82, 2.24) is 9.88 Å². The highest BCUT2D eigenvalue weighted by molar-refractivity contribution is 7.11. The fraction of sp³-hybridized carbons (Fsp3) is 0.500. The van der Waals surface area contributed by atoms with Gasteiger partial charge >= 0.3 is 0 Å². The third kappa shape index (κ3) is 3.56. The summed E-state index contributed by atoms with van der Waals surface area (Å²) < 4.78 is 6.11. The quantitative estimate of drug-likeness (QED) is 0.840. The number of hydrogen-bond acceptors (Lipinski definition) is 4. The predicted octanol–water partition coefficient (Wildman–Crippen LogP) is 3.62. The summed E-state index contributed by atoms with van der Waals surface area (Å²) >= 11 is 1.65. The molecular weight excluding hydrogens is 332 g/mol. The average Bonchev–Trinajstić information content (AvgIpc) is 3.22. The van der Waals surface area contributed by atoms with Gasteiger partial charge in [-0.2, -0.15) is 0 Å². The van der Waals surface area contributed by atoms with E-state index in [9.17, 15) is 4.79 Å². The molecule has 1 aliphatic heterocycles. The molecule has 4 rings (SSSR count). The minimum Gasteiger partial charge on any atom is -0.490 e. The number of aryl methyl sites for hydroxylation is 2. The molecule has 1 aromatic heterocycles. The Bertz CT molecular complexity index is 744. The van der Waals surface area contributed by atoms with Gasteiger partial charge in [0.15, 0.2) is 0 Å². The highest BCUT2D eigenvalue weighted by atomic mass is 32.1. The fourth-order valence-corrected chi connectivity index (χ4v) is 5.15. The van der Waals surface area contributed by atoms with Crippen LogP contribution in [0.4, 0.5) is 0 Å². The largest absolute Gasteiger partial charge is 0.490 e. The third-order valence-electron chi connectivity index (χ3n) is 5.42. The molecule has 3 atom stereocenters. The van der Waals surface area contributed by atoms with Crippen LogP contribution in [0.1, 0.15) is 28.4 Å². The van der Waals surface area contributed by atoms with E-state index >= 15 is 0 Å². The number of aromatic nitrogens is 1. The number of amides is 1. The van der Waals surface area contributed by atoms with Gasteiger partial charge in [-0.25, -0.2) is 4.98 Å². The van der Waals surface area contributed by atoms with Crippen LogP contribution in [-0.4, -0.2) is 35.0 Å². The van der Waals surface area contributed by atoms with E-state index in [1.165, 1.54) is 0 Å². The van der Waals surface area contributed by atoms with Crippen LogP contribution in [0.15, 0.2) is 30.3 Å². The Labute approximate surface area is 152 Å². The first-order chi connectivity index (χ1) is 12.1. The number of likely N-dealkylation sites (tertiary alicyclic amines) is 1. The van der Waals surface area contributed by atoms with E-state index in [-0.39, 0.29) is 5.91 Å². The topological polar surface area (TPSA) is 42.4 Å². The molecule has 0 bridgehead atoms. The third-order valence-corrected chi connectivity index (χ3v) is 6.49. The number of thiazole rings is 1. The SMILES string of the molecule is Cc1nc(C)c(CC(=O)N2C[C@H]3CC(Oc4ccccc4)C[C@H]3C2)s1. The van der Waals surface area contributed by atoms with Crippen molar-refractivity contribution in [2.45, 2.75) is 39.2 Å². The van der Waals surface area contributed by atoms with E-state index < -0.39 is 0 Å². The molecule has 2 aromatic rings. The Morgan fingerprint density at radius 2 is 1.88 bits per heavy atom. The van der Waals surface area contributed by atoms with E-state index in [1.807, 2.05) is 44.2 Å². The molecule has 1 aromatic carbocycles. The van der Waals surface area contributed by atoms with Crippen molar-refractivity contribution in [3.05, 3.63) is 45.9 Å². The highest BCUT2D eigenvalue weighted by Crippen LogP contribution is 2.40. The summed E-state index contributed by atoms with van der Waals surface area (Å²) in [4.78, 5) is 20.3. The van der Waals surface area contributed by atoms with E-state index in [4.69, 9.17) is 4.74 Å². The normalized spacial score (nSPS) is 25.2. The molecule has 1 saturated heterocycles. The Morgan fingerprint density at radius 1 is 1.20 bits per heavy atom. The molecule has 0 N–H and O–H groups in total. The summed E-state index contributed by atoms with van der Waals surface area (Å²) in [6.45, 7) is 5.76. The van der Waals surface area contributed by atoms with Crippen molar-refractivity contribution in [1.29, 1.82) is 0 Å². The van der Waals surface area contributed by atoms with Gasteiger partial charge in [0, 0.05) is 18.0 Å². The first kappa shape index (κ1) is 16.6. The summed E-state index contributed by atoms with van der Waals surface area (Å²) in [5.74, 6) is 2.38. The Hall–Kier alpha value is -1.88. The molecule has 0 radical (unpaired) electrons. The van der Waals surface area contributed by atoms with Crippen LogP contribution < -0.4 is 4.74 Å². The summed E-state index contributed by atoms with van der Waals surface area (Å²) in [6, 6.07) is 10.1. The van der Waals surface area contributed by atoms with Gasteiger partial charge in [-0.3, -0.25) is 4.79 Å². The smallest absolute Gasteiger partial charge is 0.227 e. The molecule has 5 heteroatoms. The second-order valence-corrected chi connectivity index (χ2v) is 8.55. The first-order valence-corrected chi connectivity index (χ1v) is 9.82. The predicted molar refractivity (Wildman–Crippen MR) is 98.9 cm³/mol. The van der Waals surface area contributed by atoms with Crippen LogP contribution in [0.2, 0.25) is 0 Å². The van der Waals surface area contributed by atoms with Crippen molar-refractivity contribution >= 4 is 17.2 Å². The molecule has 1 saturated carbocycles. The number of nitrogens with zero attached hydrogens (tertiary/aromatic N) is 2. The van der Waals surface area contributed by atoms with Gasteiger partial charge in [0.25, 0.3) is 0 Å². The Balaban J connectivity index is 1.31. The van der Waals surface area contributed by atoms with Crippen molar-refractivity contribution < 1.29 is 9.53 Å². The van der Waals surface area contributed by atoms with Gasteiger partial charge in [0.1, 0.15) is 5.75 Å². The van der Waals surface area contributed by atoms with Crippen LogP contribution >= 0.6 is 11.3 Å². The van der Waals surface area contributed by atoms with Crippen LogP contribution in [0, 0.1) is 25.7 Å². The van der Waals surface area contributed by atoms with Crippen molar-refractivity contribution in [2.75, 3.05) is 13.1 Å². The summed E-state index contributed by atoms with van der Waals surface area (Å²) in [5.41, 5.74) is 1.01. The first-order valence-electron chi connectivity index (χ1n) is 9.01. The van der Waals surface area contributed by atoms with E-state index in [0.29, 0.717) is 24.4 Å². The number of carbonyl (C=O) groups excluding carboxylic acids is 1. The zero-order chi connectivity index (χ0) is 17.4. The number of fused-ring (bicyclic) bond motifs is 1. The van der Waals surface area contributed by atoms with Gasteiger partial charge in [0.05, 0.1) is 23.2 Å².